The van der Waals surface area contributed by atoms with Crippen molar-refractivity contribution in [2.24, 2.45) is 0 Å². The zero-order valence-corrected chi connectivity index (χ0v) is 16.9. The molecule has 0 aliphatic carbocycles. The number of hydrogen-bond acceptors (Lipinski definition) is 5. The molecular formula is C23H18FN3O2S. The molecule has 3 aromatic rings. The lowest BCUT2D eigenvalue weighted by Gasteiger charge is -2.23. The Hall–Kier alpha value is -3.32. The van der Waals surface area contributed by atoms with E-state index in [2.05, 4.69) is 16.0 Å². The number of carbonyl (C=O) groups is 2. The Balaban J connectivity index is 1.32. The van der Waals surface area contributed by atoms with Gasteiger partial charge >= 0.3 is 0 Å². The van der Waals surface area contributed by atoms with Crippen LogP contribution in [-0.2, 0) is 6.42 Å². The second-order valence-electron chi connectivity index (χ2n) is 7.36. The molecule has 5 rings (SSSR count). The number of halogens is 1. The minimum Gasteiger partial charge on any atom is -0.367 e. The number of aromatic nitrogens is 1. The molecule has 0 bridgehead atoms. The van der Waals surface area contributed by atoms with Crippen molar-refractivity contribution in [1.29, 1.82) is 0 Å². The van der Waals surface area contributed by atoms with Gasteiger partial charge in [0, 0.05) is 35.9 Å². The predicted molar refractivity (Wildman–Crippen MR) is 114 cm³/mol. The lowest BCUT2D eigenvalue weighted by atomic mass is 10.1. The van der Waals surface area contributed by atoms with Gasteiger partial charge < -0.3 is 4.90 Å². The van der Waals surface area contributed by atoms with Crippen molar-refractivity contribution in [3.63, 3.8) is 0 Å². The van der Waals surface area contributed by atoms with Crippen molar-refractivity contribution >= 4 is 28.8 Å². The molecule has 1 aromatic heterocycles. The van der Waals surface area contributed by atoms with Gasteiger partial charge in [0.15, 0.2) is 0 Å². The van der Waals surface area contributed by atoms with E-state index in [1.54, 1.807) is 41.8 Å². The van der Waals surface area contributed by atoms with Crippen molar-refractivity contribution in [3.05, 3.63) is 82.6 Å². The van der Waals surface area contributed by atoms with Crippen LogP contribution in [0.25, 0.3) is 10.6 Å². The molecule has 2 amide bonds. The van der Waals surface area contributed by atoms with E-state index in [-0.39, 0.29) is 18.4 Å². The normalized spacial score (nSPS) is 15.7. The summed E-state index contributed by atoms with van der Waals surface area (Å²) in [6.07, 6.45) is 3.17. The first-order chi connectivity index (χ1) is 14.7. The summed E-state index contributed by atoms with van der Waals surface area (Å²) in [5.41, 5.74) is 4.47. The van der Waals surface area contributed by atoms with Crippen LogP contribution in [0.1, 0.15) is 26.3 Å². The molecule has 0 radical (unpaired) electrons. The van der Waals surface area contributed by atoms with Gasteiger partial charge in [0.1, 0.15) is 5.01 Å². The van der Waals surface area contributed by atoms with Crippen LogP contribution in [-0.4, -0.2) is 41.3 Å². The molecule has 30 heavy (non-hydrogen) atoms. The van der Waals surface area contributed by atoms with Crippen molar-refractivity contribution in [1.82, 2.24) is 9.88 Å². The van der Waals surface area contributed by atoms with Gasteiger partial charge in [-0.1, -0.05) is 12.1 Å². The summed E-state index contributed by atoms with van der Waals surface area (Å²) in [6.45, 7) is 1.04. The van der Waals surface area contributed by atoms with Crippen molar-refractivity contribution < 1.29 is 14.0 Å². The minimum absolute atomic E-state index is 0.0497. The van der Waals surface area contributed by atoms with Gasteiger partial charge in [-0.3, -0.25) is 14.5 Å². The first-order valence-electron chi connectivity index (χ1n) is 9.67. The van der Waals surface area contributed by atoms with Crippen molar-refractivity contribution in [3.8, 4) is 10.6 Å². The number of anilines is 1. The van der Waals surface area contributed by atoms with Crippen LogP contribution in [0, 0.1) is 0 Å². The van der Waals surface area contributed by atoms with E-state index in [0.29, 0.717) is 29.6 Å². The van der Waals surface area contributed by atoms with Crippen molar-refractivity contribution in [2.75, 3.05) is 24.5 Å². The van der Waals surface area contributed by atoms with Crippen LogP contribution in [0.3, 0.4) is 0 Å². The standard InChI is InChI=1S/C23H18FN3O2S/c24-12-15(14-27-22(28)18-3-1-2-4-19(18)23(27)29)13-26-9-7-16-11-17(5-6-20(16)26)21-25-8-10-30-21/h1-6,8,10-12H,7,9,13-14H2/b15-12-. The van der Waals surface area contributed by atoms with Crippen LogP contribution in [0.15, 0.2) is 65.9 Å². The highest BCUT2D eigenvalue weighted by Crippen LogP contribution is 2.33. The molecule has 5 nitrogen and oxygen atoms in total. The fraction of sp³-hybridized carbons (Fsp3) is 0.174. The zero-order chi connectivity index (χ0) is 20.7. The van der Waals surface area contributed by atoms with Crippen LogP contribution in [0.2, 0.25) is 0 Å². The van der Waals surface area contributed by atoms with E-state index in [1.165, 1.54) is 5.56 Å². The van der Waals surface area contributed by atoms with Gasteiger partial charge in [0.25, 0.3) is 11.8 Å². The van der Waals surface area contributed by atoms with E-state index < -0.39 is 0 Å². The number of amides is 2. The molecule has 3 heterocycles. The number of imide groups is 1. The lowest BCUT2D eigenvalue weighted by molar-refractivity contribution is 0.0667. The van der Waals surface area contributed by atoms with Crippen LogP contribution >= 0.6 is 11.3 Å². The number of nitrogens with zero attached hydrogens (tertiary/aromatic N) is 3. The molecule has 0 saturated carbocycles. The summed E-state index contributed by atoms with van der Waals surface area (Å²) < 4.78 is 13.7. The molecule has 2 aliphatic heterocycles. The highest BCUT2D eigenvalue weighted by Gasteiger charge is 2.35. The third kappa shape index (κ3) is 3.11. The SMILES string of the molecule is O=C1c2ccccc2C(=O)N1C/C(=C\F)CN1CCc2cc(-c3nccs3)ccc21. The summed E-state index contributed by atoms with van der Waals surface area (Å²) in [7, 11) is 0. The largest absolute Gasteiger partial charge is 0.367 e. The van der Waals surface area contributed by atoms with Crippen molar-refractivity contribution in [2.45, 2.75) is 6.42 Å². The quantitative estimate of drug-likeness (QED) is 0.578. The minimum atomic E-state index is -0.370. The molecular weight excluding hydrogens is 401 g/mol. The maximum atomic E-state index is 13.7. The Morgan fingerprint density at radius 2 is 1.87 bits per heavy atom. The molecule has 0 atom stereocenters. The monoisotopic (exact) mass is 419 g/mol. The average Bonchev–Trinajstić information content (AvgIpc) is 3.50. The van der Waals surface area contributed by atoms with E-state index in [4.69, 9.17) is 0 Å². The molecule has 0 N–H and O–H groups in total. The van der Waals surface area contributed by atoms with E-state index >= 15 is 0 Å². The average molecular weight is 419 g/mol. The first-order valence-corrected chi connectivity index (χ1v) is 10.5. The van der Waals surface area contributed by atoms with Gasteiger partial charge in [-0.2, -0.15) is 0 Å². The predicted octanol–water partition coefficient (Wildman–Crippen LogP) is 4.32. The third-order valence-corrected chi connectivity index (χ3v) is 6.36. The molecule has 0 spiro atoms. The maximum absolute atomic E-state index is 13.7. The summed E-state index contributed by atoms with van der Waals surface area (Å²) in [5.74, 6) is -0.741. The molecule has 0 unspecified atom stereocenters. The summed E-state index contributed by atoms with van der Waals surface area (Å²) in [4.78, 5) is 32.7. The summed E-state index contributed by atoms with van der Waals surface area (Å²) >= 11 is 1.60. The van der Waals surface area contributed by atoms with Gasteiger partial charge in [0.05, 0.1) is 24.0 Å². The van der Waals surface area contributed by atoms with Gasteiger partial charge in [-0.25, -0.2) is 9.37 Å². The van der Waals surface area contributed by atoms with E-state index in [0.717, 1.165) is 34.1 Å². The molecule has 2 aromatic carbocycles. The smallest absolute Gasteiger partial charge is 0.261 e. The molecule has 150 valence electrons. The van der Waals surface area contributed by atoms with Crippen LogP contribution < -0.4 is 4.90 Å². The van der Waals surface area contributed by atoms with E-state index in [1.807, 2.05) is 17.5 Å². The topological polar surface area (TPSA) is 53.5 Å². The summed E-state index contributed by atoms with van der Waals surface area (Å²) in [5, 5.41) is 2.93. The Morgan fingerprint density at radius 3 is 2.53 bits per heavy atom. The lowest BCUT2D eigenvalue weighted by Crippen LogP contribution is -2.35. The number of hydrogen-bond donors (Lipinski definition) is 0. The highest BCUT2D eigenvalue weighted by atomic mass is 32.1. The fourth-order valence-electron chi connectivity index (χ4n) is 4.08. The number of benzene rings is 2. The van der Waals surface area contributed by atoms with Gasteiger partial charge in [0.2, 0.25) is 0 Å². The number of thiazole rings is 1. The summed E-state index contributed by atoms with van der Waals surface area (Å²) in [6, 6.07) is 12.9. The van der Waals surface area contributed by atoms with E-state index in [9.17, 15) is 14.0 Å². The molecule has 0 saturated heterocycles. The number of fused-ring (bicyclic) bond motifs is 2. The number of rotatable bonds is 5. The second kappa shape index (κ2) is 7.50. The third-order valence-electron chi connectivity index (χ3n) is 5.54. The Labute approximate surface area is 177 Å². The highest BCUT2D eigenvalue weighted by molar-refractivity contribution is 7.13. The van der Waals surface area contributed by atoms with Gasteiger partial charge in [-0.15, -0.1) is 11.3 Å². The Kier molecular flexibility index (Phi) is 4.67. The molecule has 0 fully saturated rings. The maximum Gasteiger partial charge on any atom is 0.261 e. The Bertz CT molecular complexity index is 1140. The first kappa shape index (κ1) is 18.7. The van der Waals surface area contributed by atoms with Crippen LogP contribution in [0.5, 0.6) is 0 Å². The number of carbonyl (C=O) groups excluding carboxylic acids is 2. The zero-order valence-electron chi connectivity index (χ0n) is 16.0. The molecule has 7 heteroatoms. The van der Waals surface area contributed by atoms with Crippen LogP contribution in [0.4, 0.5) is 10.1 Å². The Morgan fingerprint density at radius 1 is 1.10 bits per heavy atom. The second-order valence-corrected chi connectivity index (χ2v) is 8.26. The fourth-order valence-corrected chi connectivity index (χ4v) is 4.72. The molecule has 2 aliphatic rings. The van der Waals surface area contributed by atoms with Gasteiger partial charge in [-0.05, 0) is 47.9 Å².